The molecule has 0 spiro atoms. The normalized spacial score (nSPS) is 11.7. The lowest BCUT2D eigenvalue weighted by molar-refractivity contribution is 0.672. The van der Waals surface area contributed by atoms with E-state index in [2.05, 4.69) is 205 Å². The summed E-state index contributed by atoms with van der Waals surface area (Å²) in [5, 5.41) is 12.0. The lowest BCUT2D eigenvalue weighted by atomic mass is 9.93. The second-order valence-electron chi connectivity index (χ2n) is 14.1. The Bertz CT molecular complexity index is 3240. The SMILES string of the molecule is c1cc(-c2cc3ccccc3c3ccccc23)cc(N(c2ccc3oc4c5ccccc5ccc4c3c2)c2ccccc2-c2ccc3ccccc3c2)c1. The third-order valence-electron chi connectivity index (χ3n) is 11.0. The van der Waals surface area contributed by atoms with Gasteiger partial charge in [0, 0.05) is 33.1 Å². The van der Waals surface area contributed by atoms with Gasteiger partial charge in [-0.05, 0) is 109 Å². The number of furan rings is 1. The molecule has 0 N–H and O–H groups in total. The molecule has 11 rings (SSSR count). The molecule has 2 nitrogen and oxygen atoms in total. The average molecular weight is 688 g/mol. The lowest BCUT2D eigenvalue weighted by Crippen LogP contribution is -2.11. The van der Waals surface area contributed by atoms with E-state index in [0.717, 1.165) is 50.0 Å². The molecule has 252 valence electrons. The van der Waals surface area contributed by atoms with Crippen molar-refractivity contribution in [1.29, 1.82) is 0 Å². The molecular formula is C52H33NO. The number of hydrogen-bond donors (Lipinski definition) is 0. The van der Waals surface area contributed by atoms with Crippen molar-refractivity contribution in [1.82, 2.24) is 0 Å². The Labute approximate surface area is 312 Å². The van der Waals surface area contributed by atoms with Crippen LogP contribution in [0.2, 0.25) is 0 Å². The van der Waals surface area contributed by atoms with E-state index in [4.69, 9.17) is 4.42 Å². The summed E-state index contributed by atoms with van der Waals surface area (Å²) in [6.45, 7) is 0. The Morgan fingerprint density at radius 2 is 0.981 bits per heavy atom. The number of para-hydroxylation sites is 1. The van der Waals surface area contributed by atoms with Gasteiger partial charge in [0.05, 0.1) is 5.69 Å². The van der Waals surface area contributed by atoms with E-state index >= 15 is 0 Å². The minimum atomic E-state index is 0.879. The van der Waals surface area contributed by atoms with Gasteiger partial charge in [-0.3, -0.25) is 0 Å². The highest BCUT2D eigenvalue weighted by Crippen LogP contribution is 2.45. The number of fused-ring (bicyclic) bond motifs is 9. The molecule has 1 aromatic heterocycles. The average Bonchev–Trinajstić information content (AvgIpc) is 3.62. The van der Waals surface area contributed by atoms with Gasteiger partial charge in [-0.15, -0.1) is 0 Å². The monoisotopic (exact) mass is 687 g/mol. The summed E-state index contributed by atoms with van der Waals surface area (Å²) < 4.78 is 6.58. The van der Waals surface area contributed by atoms with E-state index in [0.29, 0.717) is 0 Å². The van der Waals surface area contributed by atoms with E-state index in [1.54, 1.807) is 0 Å². The Balaban J connectivity index is 1.16. The molecule has 0 radical (unpaired) electrons. The predicted octanol–water partition coefficient (Wildman–Crippen LogP) is 15.0. The van der Waals surface area contributed by atoms with Crippen molar-refractivity contribution >= 4 is 82.1 Å². The van der Waals surface area contributed by atoms with Gasteiger partial charge < -0.3 is 9.32 Å². The first kappa shape index (κ1) is 30.5. The highest BCUT2D eigenvalue weighted by atomic mass is 16.3. The molecule has 0 bridgehead atoms. The summed E-state index contributed by atoms with van der Waals surface area (Å²) in [5.41, 5.74) is 9.77. The topological polar surface area (TPSA) is 16.4 Å². The van der Waals surface area contributed by atoms with Crippen molar-refractivity contribution in [3.63, 3.8) is 0 Å². The van der Waals surface area contributed by atoms with E-state index in [1.165, 1.54) is 54.4 Å². The Morgan fingerprint density at radius 1 is 0.315 bits per heavy atom. The zero-order chi connectivity index (χ0) is 35.6. The molecule has 10 aromatic carbocycles. The van der Waals surface area contributed by atoms with Crippen LogP contribution in [0.1, 0.15) is 0 Å². The van der Waals surface area contributed by atoms with Gasteiger partial charge in [0.15, 0.2) is 0 Å². The third kappa shape index (κ3) is 4.88. The van der Waals surface area contributed by atoms with Crippen LogP contribution < -0.4 is 4.90 Å². The zero-order valence-electron chi connectivity index (χ0n) is 29.4. The van der Waals surface area contributed by atoms with E-state index in [1.807, 2.05) is 0 Å². The van der Waals surface area contributed by atoms with Crippen molar-refractivity contribution in [3.05, 3.63) is 200 Å². The molecule has 1 heterocycles. The standard InChI is InChI=1S/C52H33NO/c1-2-14-36-30-39(25-24-34(36)12-1)43-19-9-10-23-50(43)53(41-27-29-51-49(33-41)47-28-26-35-13-3-6-20-44(35)52(47)54-51)40-17-11-16-37(31-40)48-32-38-15-4-5-18-42(38)45-21-7-8-22-46(45)48/h1-33H. The number of hydrogen-bond acceptors (Lipinski definition) is 2. The van der Waals surface area contributed by atoms with E-state index in [-0.39, 0.29) is 0 Å². The summed E-state index contributed by atoms with van der Waals surface area (Å²) in [4.78, 5) is 2.41. The maximum atomic E-state index is 6.58. The molecule has 0 aliphatic carbocycles. The summed E-state index contributed by atoms with van der Waals surface area (Å²) in [7, 11) is 0. The molecule has 11 aromatic rings. The fourth-order valence-corrected chi connectivity index (χ4v) is 8.43. The second-order valence-corrected chi connectivity index (χ2v) is 14.1. The van der Waals surface area contributed by atoms with E-state index < -0.39 is 0 Å². The molecule has 0 saturated heterocycles. The quantitative estimate of drug-likeness (QED) is 0.168. The van der Waals surface area contributed by atoms with Crippen molar-refractivity contribution in [2.75, 3.05) is 4.90 Å². The summed E-state index contributed by atoms with van der Waals surface area (Å²) in [6, 6.07) is 72.4. The van der Waals surface area contributed by atoms with Crippen LogP contribution in [0.3, 0.4) is 0 Å². The molecule has 0 unspecified atom stereocenters. The molecule has 2 heteroatoms. The van der Waals surface area contributed by atoms with Gasteiger partial charge in [-0.25, -0.2) is 0 Å². The largest absolute Gasteiger partial charge is 0.455 e. The van der Waals surface area contributed by atoms with Crippen LogP contribution in [0.25, 0.3) is 87.3 Å². The van der Waals surface area contributed by atoms with Crippen LogP contribution in [-0.4, -0.2) is 0 Å². The first-order valence-electron chi connectivity index (χ1n) is 18.5. The zero-order valence-corrected chi connectivity index (χ0v) is 29.4. The molecule has 0 aliphatic heterocycles. The van der Waals surface area contributed by atoms with Crippen molar-refractivity contribution < 1.29 is 4.42 Å². The highest BCUT2D eigenvalue weighted by Gasteiger charge is 2.20. The van der Waals surface area contributed by atoms with Gasteiger partial charge in [-0.2, -0.15) is 0 Å². The highest BCUT2D eigenvalue weighted by molar-refractivity contribution is 6.16. The van der Waals surface area contributed by atoms with E-state index in [9.17, 15) is 0 Å². The summed E-state index contributed by atoms with van der Waals surface area (Å²) in [5.74, 6) is 0. The lowest BCUT2D eigenvalue weighted by Gasteiger charge is -2.28. The smallest absolute Gasteiger partial charge is 0.143 e. The number of rotatable bonds is 5. The molecule has 0 aliphatic rings. The molecule has 0 saturated carbocycles. The van der Waals surface area contributed by atoms with Crippen LogP contribution in [0.4, 0.5) is 17.1 Å². The molecular weight excluding hydrogens is 655 g/mol. The Hall–Kier alpha value is -7.16. The molecule has 54 heavy (non-hydrogen) atoms. The van der Waals surface area contributed by atoms with Crippen LogP contribution in [-0.2, 0) is 0 Å². The first-order valence-corrected chi connectivity index (χ1v) is 18.5. The number of anilines is 3. The molecule has 0 fully saturated rings. The van der Waals surface area contributed by atoms with Gasteiger partial charge >= 0.3 is 0 Å². The second kappa shape index (κ2) is 12.2. The van der Waals surface area contributed by atoms with Crippen LogP contribution >= 0.6 is 0 Å². The van der Waals surface area contributed by atoms with Gasteiger partial charge in [0.1, 0.15) is 11.2 Å². The molecule has 0 atom stereocenters. The Morgan fingerprint density at radius 3 is 1.87 bits per heavy atom. The summed E-state index contributed by atoms with van der Waals surface area (Å²) >= 11 is 0. The first-order chi connectivity index (χ1) is 26.8. The number of benzene rings is 10. The van der Waals surface area contributed by atoms with Crippen LogP contribution in [0.5, 0.6) is 0 Å². The minimum absolute atomic E-state index is 0.879. The minimum Gasteiger partial charge on any atom is -0.455 e. The van der Waals surface area contributed by atoms with Gasteiger partial charge in [-0.1, -0.05) is 146 Å². The third-order valence-corrected chi connectivity index (χ3v) is 11.0. The van der Waals surface area contributed by atoms with Crippen LogP contribution in [0.15, 0.2) is 205 Å². The predicted molar refractivity (Wildman–Crippen MR) is 229 cm³/mol. The fourth-order valence-electron chi connectivity index (χ4n) is 8.43. The van der Waals surface area contributed by atoms with Crippen molar-refractivity contribution in [3.8, 4) is 22.3 Å². The molecule has 0 amide bonds. The van der Waals surface area contributed by atoms with Crippen molar-refractivity contribution in [2.45, 2.75) is 0 Å². The summed E-state index contributed by atoms with van der Waals surface area (Å²) in [6.07, 6.45) is 0. The van der Waals surface area contributed by atoms with Gasteiger partial charge in [0.2, 0.25) is 0 Å². The van der Waals surface area contributed by atoms with Crippen molar-refractivity contribution in [2.24, 2.45) is 0 Å². The van der Waals surface area contributed by atoms with Crippen LogP contribution in [0, 0.1) is 0 Å². The Kier molecular flexibility index (Phi) is 6.90. The van der Waals surface area contributed by atoms with Gasteiger partial charge in [0.25, 0.3) is 0 Å². The fraction of sp³-hybridized carbons (Fsp3) is 0. The maximum absolute atomic E-state index is 6.58. The maximum Gasteiger partial charge on any atom is 0.143 e. The number of nitrogens with zero attached hydrogens (tertiary/aromatic N) is 1.